The SMILES string of the molecule is O=Cc1ccc(N2CCN(c3cc(F)c(C4CCC(=O)NC4=O)c(F)c3)CC2)nn1. The van der Waals surface area contributed by atoms with E-state index in [2.05, 4.69) is 15.5 Å². The lowest BCUT2D eigenvalue weighted by molar-refractivity contribution is -0.134. The van der Waals surface area contributed by atoms with E-state index in [9.17, 15) is 23.2 Å². The van der Waals surface area contributed by atoms with Crippen molar-refractivity contribution < 1.29 is 23.2 Å². The van der Waals surface area contributed by atoms with Crippen LogP contribution in [0, 0.1) is 11.6 Å². The molecule has 2 saturated heterocycles. The number of halogens is 2. The van der Waals surface area contributed by atoms with Gasteiger partial charge in [-0.2, -0.15) is 0 Å². The molecule has 1 aromatic heterocycles. The summed E-state index contributed by atoms with van der Waals surface area (Å²) < 4.78 is 29.5. The van der Waals surface area contributed by atoms with Gasteiger partial charge in [0.2, 0.25) is 11.8 Å². The highest BCUT2D eigenvalue weighted by molar-refractivity contribution is 6.01. The molecule has 30 heavy (non-hydrogen) atoms. The van der Waals surface area contributed by atoms with Gasteiger partial charge in [-0.05, 0) is 30.7 Å². The molecule has 2 fully saturated rings. The van der Waals surface area contributed by atoms with E-state index in [0.717, 1.165) is 0 Å². The second-order valence-electron chi connectivity index (χ2n) is 7.24. The molecule has 2 aliphatic heterocycles. The summed E-state index contributed by atoms with van der Waals surface area (Å²) in [7, 11) is 0. The fraction of sp³-hybridized carbons (Fsp3) is 0.350. The number of benzene rings is 1. The van der Waals surface area contributed by atoms with E-state index >= 15 is 0 Å². The second kappa shape index (κ2) is 8.13. The van der Waals surface area contributed by atoms with Gasteiger partial charge in [0.15, 0.2) is 12.1 Å². The van der Waals surface area contributed by atoms with Crippen molar-refractivity contribution in [1.82, 2.24) is 15.5 Å². The molecule has 4 rings (SSSR count). The van der Waals surface area contributed by atoms with Crippen molar-refractivity contribution in [3.05, 3.63) is 47.2 Å². The van der Waals surface area contributed by atoms with Gasteiger partial charge in [0, 0.05) is 43.9 Å². The number of carbonyl (C=O) groups excluding carboxylic acids is 3. The summed E-state index contributed by atoms with van der Waals surface area (Å²) in [6.07, 6.45) is 0.756. The number of aromatic nitrogens is 2. The number of anilines is 2. The van der Waals surface area contributed by atoms with Crippen LogP contribution in [0.4, 0.5) is 20.3 Å². The number of hydrogen-bond acceptors (Lipinski definition) is 7. The van der Waals surface area contributed by atoms with Gasteiger partial charge in [-0.3, -0.25) is 19.7 Å². The van der Waals surface area contributed by atoms with Gasteiger partial charge in [0.25, 0.3) is 0 Å². The van der Waals surface area contributed by atoms with Crippen molar-refractivity contribution in [2.24, 2.45) is 0 Å². The molecular weight excluding hydrogens is 396 g/mol. The predicted octanol–water partition coefficient (Wildman–Crippen LogP) is 1.41. The number of nitrogens with one attached hydrogen (secondary N) is 1. The average Bonchev–Trinajstić information content (AvgIpc) is 2.75. The van der Waals surface area contributed by atoms with Crippen LogP contribution >= 0.6 is 0 Å². The lowest BCUT2D eigenvalue weighted by Crippen LogP contribution is -2.47. The van der Waals surface area contributed by atoms with Crippen LogP contribution in [0.1, 0.15) is 34.8 Å². The standard InChI is InChI=1S/C20H19F2N5O3/c21-15-9-13(10-16(22)19(15)14-2-4-18(29)23-20(14)30)26-5-7-27(8-6-26)17-3-1-12(11-28)24-25-17/h1,3,9-11,14H,2,4-8H2,(H,23,29,30). The molecule has 1 atom stereocenters. The Bertz CT molecular complexity index is 967. The molecule has 8 nitrogen and oxygen atoms in total. The van der Waals surface area contributed by atoms with Gasteiger partial charge < -0.3 is 9.80 Å². The maximum absolute atomic E-state index is 14.7. The molecule has 0 spiro atoms. The van der Waals surface area contributed by atoms with Crippen LogP contribution in [0.15, 0.2) is 24.3 Å². The molecule has 1 aromatic carbocycles. The number of imide groups is 1. The monoisotopic (exact) mass is 415 g/mol. The maximum Gasteiger partial charge on any atom is 0.234 e. The first kappa shape index (κ1) is 19.9. The summed E-state index contributed by atoms with van der Waals surface area (Å²) in [5.41, 5.74) is 0.343. The average molecular weight is 415 g/mol. The first-order chi connectivity index (χ1) is 14.5. The number of hydrogen-bond donors (Lipinski definition) is 1. The molecule has 1 unspecified atom stereocenters. The number of rotatable bonds is 4. The minimum atomic E-state index is -1.01. The normalized spacial score (nSPS) is 19.6. The molecule has 0 bridgehead atoms. The van der Waals surface area contributed by atoms with Crippen LogP contribution in [-0.4, -0.2) is 54.5 Å². The Morgan fingerprint density at radius 1 is 1.00 bits per heavy atom. The zero-order valence-electron chi connectivity index (χ0n) is 16.0. The fourth-order valence-electron chi connectivity index (χ4n) is 3.82. The van der Waals surface area contributed by atoms with E-state index in [4.69, 9.17) is 0 Å². The van der Waals surface area contributed by atoms with Crippen molar-refractivity contribution in [3.8, 4) is 0 Å². The third-order valence-corrected chi connectivity index (χ3v) is 5.41. The van der Waals surface area contributed by atoms with E-state index in [0.29, 0.717) is 44.0 Å². The predicted molar refractivity (Wildman–Crippen MR) is 103 cm³/mol. The number of piperidine rings is 1. The number of nitrogens with zero attached hydrogens (tertiary/aromatic N) is 4. The first-order valence-electron chi connectivity index (χ1n) is 9.57. The van der Waals surface area contributed by atoms with Gasteiger partial charge in [0.05, 0.1) is 5.92 Å². The molecule has 1 N–H and O–H groups in total. The minimum absolute atomic E-state index is 0.0513. The van der Waals surface area contributed by atoms with Crippen molar-refractivity contribution in [1.29, 1.82) is 0 Å². The zero-order valence-corrected chi connectivity index (χ0v) is 16.0. The molecule has 0 saturated carbocycles. The number of amides is 2. The number of piperazine rings is 1. The summed E-state index contributed by atoms with van der Waals surface area (Å²) in [4.78, 5) is 37.8. The van der Waals surface area contributed by atoms with Crippen molar-refractivity contribution in [2.75, 3.05) is 36.0 Å². The minimum Gasteiger partial charge on any atom is -0.368 e. The van der Waals surface area contributed by atoms with Gasteiger partial charge in [-0.1, -0.05) is 0 Å². The van der Waals surface area contributed by atoms with E-state index in [-0.39, 0.29) is 24.1 Å². The molecule has 0 aliphatic carbocycles. The lowest BCUT2D eigenvalue weighted by atomic mass is 9.89. The van der Waals surface area contributed by atoms with Crippen LogP contribution < -0.4 is 15.1 Å². The van der Waals surface area contributed by atoms with E-state index < -0.39 is 29.4 Å². The molecule has 0 radical (unpaired) electrons. The lowest BCUT2D eigenvalue weighted by Gasteiger charge is -2.36. The van der Waals surface area contributed by atoms with Crippen LogP contribution in [-0.2, 0) is 9.59 Å². The Kier molecular flexibility index (Phi) is 5.39. The third kappa shape index (κ3) is 3.85. The topological polar surface area (TPSA) is 95.5 Å². The van der Waals surface area contributed by atoms with Crippen LogP contribution in [0.2, 0.25) is 0 Å². The number of carbonyl (C=O) groups is 3. The Hall–Kier alpha value is -3.43. The van der Waals surface area contributed by atoms with Crippen molar-refractivity contribution in [3.63, 3.8) is 0 Å². The quantitative estimate of drug-likeness (QED) is 0.596. The highest BCUT2D eigenvalue weighted by Crippen LogP contribution is 2.32. The van der Waals surface area contributed by atoms with Gasteiger partial charge in [-0.15, -0.1) is 10.2 Å². The van der Waals surface area contributed by atoms with Crippen molar-refractivity contribution >= 4 is 29.6 Å². The summed E-state index contributed by atoms with van der Waals surface area (Å²) in [5.74, 6) is -3.08. The van der Waals surface area contributed by atoms with Gasteiger partial charge in [-0.25, -0.2) is 8.78 Å². The summed E-state index contributed by atoms with van der Waals surface area (Å²) in [6, 6.07) is 5.76. The molecular formula is C20H19F2N5O3. The molecule has 156 valence electrons. The highest BCUT2D eigenvalue weighted by Gasteiger charge is 2.33. The zero-order chi connectivity index (χ0) is 21.3. The Labute approximate surface area is 170 Å². The summed E-state index contributed by atoms with van der Waals surface area (Å²) in [5, 5.41) is 9.96. The highest BCUT2D eigenvalue weighted by atomic mass is 19.1. The maximum atomic E-state index is 14.7. The molecule has 2 aliphatic rings. The summed E-state index contributed by atoms with van der Waals surface area (Å²) in [6.45, 7) is 2.14. The number of aldehydes is 1. The van der Waals surface area contributed by atoms with E-state index in [1.807, 2.05) is 9.80 Å². The van der Waals surface area contributed by atoms with Crippen LogP contribution in [0.25, 0.3) is 0 Å². The first-order valence-corrected chi connectivity index (χ1v) is 9.57. The van der Waals surface area contributed by atoms with Crippen LogP contribution in [0.3, 0.4) is 0 Å². The molecule has 2 aromatic rings. The Morgan fingerprint density at radius 3 is 2.23 bits per heavy atom. The van der Waals surface area contributed by atoms with Gasteiger partial charge >= 0.3 is 0 Å². The molecule has 3 heterocycles. The smallest absolute Gasteiger partial charge is 0.234 e. The van der Waals surface area contributed by atoms with E-state index in [1.54, 1.807) is 12.1 Å². The van der Waals surface area contributed by atoms with Crippen LogP contribution in [0.5, 0.6) is 0 Å². The molecule has 10 heteroatoms. The second-order valence-corrected chi connectivity index (χ2v) is 7.24. The fourth-order valence-corrected chi connectivity index (χ4v) is 3.82. The summed E-state index contributed by atoms with van der Waals surface area (Å²) >= 11 is 0. The van der Waals surface area contributed by atoms with Gasteiger partial charge in [0.1, 0.15) is 17.3 Å². The third-order valence-electron chi connectivity index (χ3n) is 5.41. The van der Waals surface area contributed by atoms with E-state index in [1.165, 1.54) is 12.1 Å². The van der Waals surface area contributed by atoms with Crippen molar-refractivity contribution in [2.45, 2.75) is 18.8 Å². The molecule has 2 amide bonds. The Balaban J connectivity index is 1.47. The largest absolute Gasteiger partial charge is 0.368 e. The Morgan fingerprint density at radius 2 is 1.67 bits per heavy atom.